The van der Waals surface area contributed by atoms with Gasteiger partial charge in [-0.05, 0) is 29.7 Å². The second-order valence-electron chi connectivity index (χ2n) is 6.28. The highest BCUT2D eigenvalue weighted by Crippen LogP contribution is 2.59. The number of carbonyl (C=O) groups is 2. The van der Waals surface area contributed by atoms with Gasteiger partial charge in [0.05, 0.1) is 7.11 Å². The van der Waals surface area contributed by atoms with E-state index in [1.54, 1.807) is 12.1 Å². The molecule has 1 aromatic carbocycles. The van der Waals surface area contributed by atoms with Crippen LogP contribution >= 0.6 is 46.4 Å². The van der Waals surface area contributed by atoms with Crippen LogP contribution in [0.5, 0.6) is 11.5 Å². The number of aromatic hydroxyl groups is 1. The van der Waals surface area contributed by atoms with Crippen LogP contribution in [0.4, 0.5) is 0 Å². The van der Waals surface area contributed by atoms with E-state index in [-0.39, 0.29) is 17.9 Å². The molecule has 27 heavy (non-hydrogen) atoms. The summed E-state index contributed by atoms with van der Waals surface area (Å²) in [6, 6.07) is 4.55. The third-order valence-corrected chi connectivity index (χ3v) is 7.23. The molecule has 8 heteroatoms. The molecular weight excluding hydrogens is 434 g/mol. The van der Waals surface area contributed by atoms with Crippen LogP contribution in [-0.2, 0) is 9.59 Å². The van der Waals surface area contributed by atoms with Gasteiger partial charge in [-0.25, -0.2) is 0 Å². The van der Waals surface area contributed by atoms with Gasteiger partial charge in [-0.2, -0.15) is 0 Å². The predicted octanol–water partition coefficient (Wildman–Crippen LogP) is 4.80. The number of benzene rings is 1. The molecule has 3 atom stereocenters. The zero-order valence-corrected chi connectivity index (χ0v) is 17.1. The van der Waals surface area contributed by atoms with E-state index < -0.39 is 37.3 Å². The Morgan fingerprint density at radius 1 is 1.22 bits per heavy atom. The van der Waals surface area contributed by atoms with Gasteiger partial charge in [-0.3, -0.25) is 9.59 Å². The standard InChI is InChI=1S/C19H14Cl4O4/c1-3-9-6-7-18(22)16(25)14(20)15(21)17(26)19(18,23)13(9)10-4-5-12(27-2)11(24)8-10/h3-6,8,13,24H,1,7H2,2H3/t13-,18-,19+/m1/s1. The van der Waals surface area contributed by atoms with E-state index in [0.29, 0.717) is 11.1 Å². The normalized spacial score (nSPS) is 30.7. The molecule has 0 heterocycles. The Kier molecular flexibility index (Phi) is 5.15. The van der Waals surface area contributed by atoms with Crippen LogP contribution in [0.15, 0.2) is 52.6 Å². The Morgan fingerprint density at radius 3 is 2.41 bits per heavy atom. The number of halogens is 4. The smallest absolute Gasteiger partial charge is 0.199 e. The van der Waals surface area contributed by atoms with Gasteiger partial charge in [0, 0.05) is 5.92 Å². The van der Waals surface area contributed by atoms with Crippen molar-refractivity contribution < 1.29 is 19.4 Å². The average molecular weight is 448 g/mol. The van der Waals surface area contributed by atoms with Gasteiger partial charge in [0.2, 0.25) is 0 Å². The van der Waals surface area contributed by atoms with Gasteiger partial charge in [0.25, 0.3) is 0 Å². The summed E-state index contributed by atoms with van der Waals surface area (Å²) in [5, 5.41) is 9.29. The Balaban J connectivity index is 2.31. The minimum absolute atomic E-state index is 0.0248. The van der Waals surface area contributed by atoms with E-state index in [2.05, 4.69) is 6.58 Å². The molecule has 4 nitrogen and oxygen atoms in total. The summed E-state index contributed by atoms with van der Waals surface area (Å²) >= 11 is 25.5. The number of phenols is 1. The molecule has 0 saturated carbocycles. The highest BCUT2D eigenvalue weighted by molar-refractivity contribution is 6.66. The number of ether oxygens (including phenoxy) is 1. The lowest BCUT2D eigenvalue weighted by atomic mass is 9.62. The van der Waals surface area contributed by atoms with Gasteiger partial charge in [0.15, 0.2) is 23.1 Å². The lowest BCUT2D eigenvalue weighted by Gasteiger charge is -2.49. The van der Waals surface area contributed by atoms with Crippen LogP contribution in [0.3, 0.4) is 0 Å². The van der Waals surface area contributed by atoms with Crippen molar-refractivity contribution in [2.24, 2.45) is 0 Å². The number of fused-ring (bicyclic) bond motifs is 1. The number of rotatable bonds is 3. The van der Waals surface area contributed by atoms with Crippen LogP contribution in [0, 0.1) is 0 Å². The summed E-state index contributed by atoms with van der Waals surface area (Å²) in [5.74, 6) is -2.27. The first kappa shape index (κ1) is 20.3. The quantitative estimate of drug-likeness (QED) is 0.676. The van der Waals surface area contributed by atoms with Crippen molar-refractivity contribution in [1.29, 1.82) is 0 Å². The zero-order valence-electron chi connectivity index (χ0n) is 14.1. The Morgan fingerprint density at radius 2 is 1.85 bits per heavy atom. The maximum atomic E-state index is 13.1. The molecule has 0 aliphatic heterocycles. The maximum Gasteiger partial charge on any atom is 0.199 e. The van der Waals surface area contributed by atoms with Gasteiger partial charge >= 0.3 is 0 Å². The van der Waals surface area contributed by atoms with Crippen molar-refractivity contribution in [3.63, 3.8) is 0 Å². The third kappa shape index (κ3) is 2.65. The van der Waals surface area contributed by atoms with Crippen molar-refractivity contribution in [1.82, 2.24) is 0 Å². The number of ketones is 2. The van der Waals surface area contributed by atoms with Crippen molar-refractivity contribution in [3.05, 3.63) is 58.1 Å². The molecule has 1 N–H and O–H groups in total. The molecule has 0 bridgehead atoms. The highest BCUT2D eigenvalue weighted by atomic mass is 35.5. The van der Waals surface area contributed by atoms with Gasteiger partial charge in [0.1, 0.15) is 19.8 Å². The largest absolute Gasteiger partial charge is 0.504 e. The molecule has 0 aromatic heterocycles. The monoisotopic (exact) mass is 446 g/mol. The number of alkyl halides is 2. The van der Waals surface area contributed by atoms with Crippen LogP contribution in [0.25, 0.3) is 0 Å². The molecule has 0 fully saturated rings. The van der Waals surface area contributed by atoms with Crippen LogP contribution in [0.1, 0.15) is 17.9 Å². The topological polar surface area (TPSA) is 63.6 Å². The predicted molar refractivity (Wildman–Crippen MR) is 106 cm³/mol. The van der Waals surface area contributed by atoms with E-state index in [4.69, 9.17) is 51.1 Å². The minimum Gasteiger partial charge on any atom is -0.504 e. The molecule has 0 unspecified atom stereocenters. The second-order valence-corrected chi connectivity index (χ2v) is 8.27. The Labute approximate surface area is 176 Å². The summed E-state index contributed by atoms with van der Waals surface area (Å²) in [6.45, 7) is 3.76. The summed E-state index contributed by atoms with van der Waals surface area (Å²) < 4.78 is 5.05. The zero-order chi connectivity index (χ0) is 20.1. The van der Waals surface area contributed by atoms with Crippen LogP contribution < -0.4 is 4.74 Å². The van der Waals surface area contributed by atoms with Crippen LogP contribution in [-0.4, -0.2) is 33.5 Å². The molecule has 2 aliphatic rings. The number of methoxy groups -OCH3 is 1. The Bertz CT molecular complexity index is 936. The third-order valence-electron chi connectivity index (χ3n) is 4.98. The van der Waals surface area contributed by atoms with E-state index in [9.17, 15) is 14.7 Å². The number of phenolic OH excluding ortho intramolecular Hbond substituents is 1. The molecule has 0 amide bonds. The van der Waals surface area contributed by atoms with Gasteiger partial charge < -0.3 is 9.84 Å². The van der Waals surface area contributed by atoms with Gasteiger partial charge in [-0.15, -0.1) is 23.2 Å². The molecular formula is C19H14Cl4O4. The number of hydrogen-bond donors (Lipinski definition) is 1. The molecule has 2 aliphatic carbocycles. The van der Waals surface area contributed by atoms with E-state index in [0.717, 1.165) is 0 Å². The number of Topliss-reactive ketones (excluding diaryl/α,β-unsaturated/α-hetero) is 2. The summed E-state index contributed by atoms with van der Waals surface area (Å²) in [5.41, 5.74) is 1.03. The molecule has 1 aromatic rings. The Hall–Kier alpha value is -1.46. The van der Waals surface area contributed by atoms with E-state index in [1.807, 2.05) is 0 Å². The fourth-order valence-corrected chi connectivity index (χ4v) is 5.05. The van der Waals surface area contributed by atoms with Gasteiger partial charge in [-0.1, -0.05) is 48.0 Å². The number of allylic oxidation sites excluding steroid dienone is 5. The lowest BCUT2D eigenvalue weighted by Crippen LogP contribution is -2.64. The highest BCUT2D eigenvalue weighted by Gasteiger charge is 2.68. The molecule has 0 saturated heterocycles. The first-order valence-corrected chi connectivity index (χ1v) is 9.36. The summed E-state index contributed by atoms with van der Waals surface area (Å²) in [6.07, 6.45) is 3.18. The molecule has 142 valence electrons. The van der Waals surface area contributed by atoms with Crippen molar-refractivity contribution in [2.75, 3.05) is 7.11 Å². The number of hydrogen-bond acceptors (Lipinski definition) is 4. The first-order valence-electron chi connectivity index (χ1n) is 7.85. The SMILES string of the molecule is C=CC1=CC[C@@]2(Cl)C(=O)C(Cl)=C(Cl)C(=O)[C@@]2(Cl)[C@H]1c1ccc(OC)c(O)c1. The maximum absolute atomic E-state index is 13.1. The average Bonchev–Trinajstić information content (AvgIpc) is 2.66. The van der Waals surface area contributed by atoms with Crippen molar-refractivity contribution >= 4 is 58.0 Å². The molecule has 0 radical (unpaired) electrons. The van der Waals surface area contributed by atoms with Crippen molar-refractivity contribution in [2.45, 2.75) is 22.1 Å². The lowest BCUT2D eigenvalue weighted by molar-refractivity contribution is -0.127. The first-order chi connectivity index (χ1) is 12.6. The summed E-state index contributed by atoms with van der Waals surface area (Å²) in [4.78, 5) is 22.1. The fourth-order valence-electron chi connectivity index (χ4n) is 3.60. The van der Waals surface area contributed by atoms with Crippen molar-refractivity contribution in [3.8, 4) is 11.5 Å². The minimum atomic E-state index is -1.94. The van der Waals surface area contributed by atoms with E-state index in [1.165, 1.54) is 25.3 Å². The fraction of sp³-hybridized carbons (Fsp3) is 0.263. The summed E-state index contributed by atoms with van der Waals surface area (Å²) in [7, 11) is 1.41. The number of carbonyl (C=O) groups excluding carboxylic acids is 2. The molecule has 0 spiro atoms. The van der Waals surface area contributed by atoms with Crippen LogP contribution in [0.2, 0.25) is 0 Å². The second kappa shape index (κ2) is 6.85. The molecule has 3 rings (SSSR count). The van der Waals surface area contributed by atoms with E-state index >= 15 is 0 Å².